The zero-order chi connectivity index (χ0) is 12.7. The standard InChI is InChI=1S/C13H19NO2S/c1-3-14(9-10-15)13(16)11-5-7-12(8-6-11)17-4-2/h5-8,15H,3-4,9-10H2,1-2H3. The lowest BCUT2D eigenvalue weighted by Gasteiger charge is -2.19. The molecule has 0 spiro atoms. The Balaban J connectivity index is 2.74. The number of carbonyl (C=O) groups excluding carboxylic acids is 1. The van der Waals surface area contributed by atoms with Crippen LogP contribution in [0.15, 0.2) is 29.2 Å². The third-order valence-corrected chi connectivity index (χ3v) is 3.35. The summed E-state index contributed by atoms with van der Waals surface area (Å²) >= 11 is 1.76. The van der Waals surface area contributed by atoms with E-state index in [0.717, 1.165) is 5.75 Å². The number of rotatable bonds is 6. The molecule has 0 aliphatic heterocycles. The summed E-state index contributed by atoms with van der Waals surface area (Å²) in [7, 11) is 0. The maximum Gasteiger partial charge on any atom is 0.253 e. The van der Waals surface area contributed by atoms with Crippen LogP contribution in [-0.2, 0) is 0 Å². The first kappa shape index (κ1) is 14.1. The van der Waals surface area contributed by atoms with Crippen LogP contribution in [0.3, 0.4) is 0 Å². The molecule has 1 aromatic rings. The Morgan fingerprint density at radius 3 is 2.41 bits per heavy atom. The predicted octanol–water partition coefficient (Wildman–Crippen LogP) is 2.25. The molecule has 1 aromatic carbocycles. The molecule has 17 heavy (non-hydrogen) atoms. The molecular formula is C13H19NO2S. The molecule has 0 aliphatic carbocycles. The summed E-state index contributed by atoms with van der Waals surface area (Å²) in [6, 6.07) is 7.63. The first-order valence-electron chi connectivity index (χ1n) is 5.85. The van der Waals surface area contributed by atoms with Crippen molar-refractivity contribution in [1.29, 1.82) is 0 Å². The summed E-state index contributed by atoms with van der Waals surface area (Å²) in [5.41, 5.74) is 0.681. The third-order valence-electron chi connectivity index (χ3n) is 2.45. The number of nitrogens with zero attached hydrogens (tertiary/aromatic N) is 1. The lowest BCUT2D eigenvalue weighted by atomic mass is 10.2. The highest BCUT2D eigenvalue weighted by atomic mass is 32.2. The fraction of sp³-hybridized carbons (Fsp3) is 0.462. The summed E-state index contributed by atoms with van der Waals surface area (Å²) in [4.78, 5) is 14.9. The second-order valence-corrected chi connectivity index (χ2v) is 4.90. The van der Waals surface area contributed by atoms with Crippen LogP contribution in [-0.4, -0.2) is 41.4 Å². The smallest absolute Gasteiger partial charge is 0.253 e. The van der Waals surface area contributed by atoms with Crippen molar-refractivity contribution in [3.63, 3.8) is 0 Å². The van der Waals surface area contributed by atoms with Gasteiger partial charge in [0.2, 0.25) is 0 Å². The molecule has 1 N–H and O–H groups in total. The van der Waals surface area contributed by atoms with E-state index in [9.17, 15) is 4.79 Å². The van der Waals surface area contributed by atoms with Crippen LogP contribution in [0.5, 0.6) is 0 Å². The summed E-state index contributed by atoms with van der Waals surface area (Å²) in [5.74, 6) is 1.01. The average molecular weight is 253 g/mol. The van der Waals surface area contributed by atoms with E-state index in [4.69, 9.17) is 5.11 Å². The van der Waals surface area contributed by atoms with E-state index >= 15 is 0 Å². The van der Waals surface area contributed by atoms with Crippen molar-refractivity contribution in [1.82, 2.24) is 4.90 Å². The largest absolute Gasteiger partial charge is 0.395 e. The second-order valence-electron chi connectivity index (χ2n) is 3.57. The van der Waals surface area contributed by atoms with E-state index in [1.165, 1.54) is 4.90 Å². The van der Waals surface area contributed by atoms with Crippen molar-refractivity contribution in [2.45, 2.75) is 18.7 Å². The van der Waals surface area contributed by atoms with Crippen LogP contribution in [0, 0.1) is 0 Å². The van der Waals surface area contributed by atoms with Gasteiger partial charge in [0.25, 0.3) is 5.91 Å². The van der Waals surface area contributed by atoms with Crippen molar-refractivity contribution >= 4 is 17.7 Å². The molecule has 0 atom stereocenters. The van der Waals surface area contributed by atoms with E-state index in [-0.39, 0.29) is 12.5 Å². The van der Waals surface area contributed by atoms with Crippen LogP contribution in [0.4, 0.5) is 0 Å². The van der Waals surface area contributed by atoms with Gasteiger partial charge in [-0.25, -0.2) is 0 Å². The first-order valence-corrected chi connectivity index (χ1v) is 6.84. The SMILES string of the molecule is CCSc1ccc(C(=O)N(CC)CCO)cc1. The monoisotopic (exact) mass is 253 g/mol. The fourth-order valence-electron chi connectivity index (χ4n) is 1.57. The van der Waals surface area contributed by atoms with Gasteiger partial charge >= 0.3 is 0 Å². The van der Waals surface area contributed by atoms with Crippen LogP contribution in [0.1, 0.15) is 24.2 Å². The maximum absolute atomic E-state index is 12.0. The number of benzene rings is 1. The zero-order valence-electron chi connectivity index (χ0n) is 10.3. The minimum absolute atomic E-state index is 0.00332. The molecule has 0 bridgehead atoms. The lowest BCUT2D eigenvalue weighted by molar-refractivity contribution is 0.0732. The van der Waals surface area contributed by atoms with Gasteiger partial charge in [0.1, 0.15) is 0 Å². The van der Waals surface area contributed by atoms with Crippen molar-refractivity contribution in [3.8, 4) is 0 Å². The van der Waals surface area contributed by atoms with Gasteiger partial charge in [-0.1, -0.05) is 6.92 Å². The molecule has 1 amide bonds. The molecule has 0 aliphatic rings. The predicted molar refractivity (Wildman–Crippen MR) is 71.5 cm³/mol. The minimum Gasteiger partial charge on any atom is -0.395 e. The Morgan fingerprint density at radius 2 is 1.94 bits per heavy atom. The van der Waals surface area contributed by atoms with Crippen LogP contribution >= 0.6 is 11.8 Å². The number of carbonyl (C=O) groups is 1. The highest BCUT2D eigenvalue weighted by molar-refractivity contribution is 7.99. The van der Waals surface area contributed by atoms with Crippen molar-refractivity contribution in [3.05, 3.63) is 29.8 Å². The molecule has 0 saturated carbocycles. The summed E-state index contributed by atoms with van der Waals surface area (Å²) in [6.45, 7) is 5.02. The van der Waals surface area contributed by atoms with Crippen LogP contribution < -0.4 is 0 Å². The average Bonchev–Trinajstić information content (AvgIpc) is 2.36. The number of thioether (sulfide) groups is 1. The fourth-order valence-corrected chi connectivity index (χ4v) is 2.23. The van der Waals surface area contributed by atoms with Crippen molar-refractivity contribution < 1.29 is 9.90 Å². The molecule has 0 unspecified atom stereocenters. The molecule has 0 radical (unpaired) electrons. The molecule has 94 valence electrons. The van der Waals surface area contributed by atoms with Gasteiger partial charge in [-0.15, -0.1) is 11.8 Å². The number of likely N-dealkylation sites (N-methyl/N-ethyl adjacent to an activating group) is 1. The minimum atomic E-state index is -0.0189. The highest BCUT2D eigenvalue weighted by Crippen LogP contribution is 2.18. The van der Waals surface area contributed by atoms with E-state index in [2.05, 4.69) is 6.92 Å². The van der Waals surface area contributed by atoms with E-state index < -0.39 is 0 Å². The molecule has 0 heterocycles. The molecular weight excluding hydrogens is 234 g/mol. The van der Waals surface area contributed by atoms with Gasteiger partial charge in [-0.2, -0.15) is 0 Å². The number of amides is 1. The Hall–Kier alpha value is -1.00. The molecule has 1 rings (SSSR count). The summed E-state index contributed by atoms with van der Waals surface area (Å²) < 4.78 is 0. The number of aliphatic hydroxyl groups excluding tert-OH is 1. The van der Waals surface area contributed by atoms with E-state index in [0.29, 0.717) is 18.7 Å². The van der Waals surface area contributed by atoms with Gasteiger partial charge < -0.3 is 10.0 Å². The van der Waals surface area contributed by atoms with Gasteiger partial charge in [-0.05, 0) is 36.9 Å². The van der Waals surface area contributed by atoms with Crippen molar-refractivity contribution in [2.24, 2.45) is 0 Å². The van der Waals surface area contributed by atoms with Crippen molar-refractivity contribution in [2.75, 3.05) is 25.4 Å². The summed E-state index contributed by atoms with van der Waals surface area (Å²) in [6.07, 6.45) is 0. The van der Waals surface area contributed by atoms with Gasteiger partial charge in [0.15, 0.2) is 0 Å². The van der Waals surface area contributed by atoms with Gasteiger partial charge in [0.05, 0.1) is 6.61 Å². The van der Waals surface area contributed by atoms with Crippen LogP contribution in [0.2, 0.25) is 0 Å². The maximum atomic E-state index is 12.0. The molecule has 3 nitrogen and oxygen atoms in total. The Bertz CT molecular complexity index is 351. The Morgan fingerprint density at radius 1 is 1.29 bits per heavy atom. The lowest BCUT2D eigenvalue weighted by Crippen LogP contribution is -2.33. The molecule has 4 heteroatoms. The van der Waals surface area contributed by atoms with E-state index in [1.54, 1.807) is 16.7 Å². The topological polar surface area (TPSA) is 40.5 Å². The Labute approximate surface area is 107 Å². The van der Waals surface area contributed by atoms with Crippen LogP contribution in [0.25, 0.3) is 0 Å². The van der Waals surface area contributed by atoms with Gasteiger partial charge in [-0.3, -0.25) is 4.79 Å². The Kier molecular flexibility index (Phi) is 6.08. The number of aliphatic hydroxyl groups is 1. The number of hydrogen-bond donors (Lipinski definition) is 1. The quantitative estimate of drug-likeness (QED) is 0.791. The molecule has 0 fully saturated rings. The number of hydrogen-bond acceptors (Lipinski definition) is 3. The van der Waals surface area contributed by atoms with Gasteiger partial charge in [0, 0.05) is 23.5 Å². The first-order chi connectivity index (χ1) is 8.22. The summed E-state index contributed by atoms with van der Waals surface area (Å²) in [5, 5.41) is 8.88. The zero-order valence-corrected chi connectivity index (χ0v) is 11.2. The van der Waals surface area contributed by atoms with E-state index in [1.807, 2.05) is 31.2 Å². The molecule has 0 aromatic heterocycles. The molecule has 0 saturated heterocycles. The second kappa shape index (κ2) is 7.35. The normalized spacial score (nSPS) is 10.3. The highest BCUT2D eigenvalue weighted by Gasteiger charge is 2.12. The third kappa shape index (κ3) is 4.06.